The van der Waals surface area contributed by atoms with Crippen LogP contribution in [0, 0.1) is 35.6 Å². The van der Waals surface area contributed by atoms with E-state index >= 15 is 0 Å². The molecule has 0 atom stereocenters. The first-order valence-electron chi connectivity index (χ1n) is 2.71. The van der Waals surface area contributed by atoms with E-state index in [9.17, 15) is 0 Å². The number of rotatable bonds is 0. The Morgan fingerprint density at radius 1 is 0.846 bits per heavy atom. The van der Waals surface area contributed by atoms with E-state index in [1.165, 1.54) is 19.4 Å². The van der Waals surface area contributed by atoms with Crippen LogP contribution in [0.1, 0.15) is 0 Å². The van der Waals surface area contributed by atoms with Crippen LogP contribution in [-0.4, -0.2) is 0 Å². The Labute approximate surface area is 122 Å². The third kappa shape index (κ3) is 8.17. The van der Waals surface area contributed by atoms with Gasteiger partial charge in [-0.3, -0.25) is 4.91 Å². The molecule has 0 aromatic rings. The molecule has 0 aromatic carbocycles. The van der Waals surface area contributed by atoms with E-state index in [-0.39, 0.29) is 51.4 Å². The van der Waals surface area contributed by atoms with Crippen LogP contribution >= 0.6 is 0 Å². The topological polar surface area (TPSA) is 154 Å². The van der Waals surface area contributed by atoms with Crippen molar-refractivity contribution in [3.8, 4) is 14.5 Å². The molecule has 56 valence electrons. The number of nitrogens with zero attached hydrogens (tertiary/aromatic N) is 7. The SMILES string of the molecule is N#[C][Cd-2]([C]#N)([C]#N)[C]#N.[K+].[N-]=[N+]=[N-]. The van der Waals surface area contributed by atoms with Gasteiger partial charge in [-0.25, -0.2) is 0 Å². The summed E-state index contributed by atoms with van der Waals surface area (Å²) < 4.78 is 6.04. The maximum Gasteiger partial charge on any atom is 1.00 e. The van der Waals surface area contributed by atoms with Gasteiger partial charge in [0.25, 0.3) is 0 Å². The summed E-state index contributed by atoms with van der Waals surface area (Å²) in [6.45, 7) is 0. The van der Waals surface area contributed by atoms with Crippen LogP contribution in [0.4, 0.5) is 0 Å². The molecular weight excluding hydrogens is 298 g/mol. The van der Waals surface area contributed by atoms with Gasteiger partial charge in [0.2, 0.25) is 0 Å². The minimum Gasteiger partial charge on any atom is -0.373 e. The average molecular weight is 298 g/mol. The maximum atomic E-state index is 8.16. The predicted octanol–water partition coefficient (Wildman–Crippen LogP) is -2.07. The van der Waals surface area contributed by atoms with Crippen LogP contribution in [0.3, 0.4) is 0 Å². The van der Waals surface area contributed by atoms with Crippen molar-refractivity contribution in [3.63, 3.8) is 0 Å². The van der Waals surface area contributed by atoms with Crippen molar-refractivity contribution < 1.29 is 72.6 Å². The molecule has 0 radical (unpaired) electrons. The van der Waals surface area contributed by atoms with Crippen LogP contribution in [0.15, 0.2) is 0 Å². The van der Waals surface area contributed by atoms with Crippen LogP contribution in [0.5, 0.6) is 0 Å². The van der Waals surface area contributed by atoms with E-state index < -0.39 is 21.2 Å². The van der Waals surface area contributed by atoms with E-state index in [0.717, 1.165) is 0 Å². The van der Waals surface area contributed by atoms with Crippen molar-refractivity contribution in [1.29, 1.82) is 21.0 Å². The molecule has 0 spiro atoms. The molecule has 0 aliphatic heterocycles. The normalized spacial score (nSPS) is 5.85. The predicted molar refractivity (Wildman–Crippen MR) is 32.5 cm³/mol. The molecule has 0 aliphatic rings. The Balaban J connectivity index is -0.000000220. The molecule has 7 nitrogen and oxygen atoms in total. The van der Waals surface area contributed by atoms with Gasteiger partial charge < -0.3 is 11.1 Å². The third-order valence-corrected chi connectivity index (χ3v) is 6.36. The zero-order chi connectivity index (χ0) is 10.0. The Hall–Kier alpha value is -0.172. The minimum absolute atomic E-state index is 0. The van der Waals surface area contributed by atoms with Gasteiger partial charge >= 0.3 is 108 Å². The maximum absolute atomic E-state index is 8.16. The number of hydrogen-bond acceptors (Lipinski definition) is 4. The quantitative estimate of drug-likeness (QED) is 0.218. The summed E-state index contributed by atoms with van der Waals surface area (Å²) in [6, 6.07) is 0. The third-order valence-electron chi connectivity index (χ3n) is 0.949. The molecule has 0 N–H and O–H groups in total. The second-order valence-electron chi connectivity index (χ2n) is 1.78. The molecule has 13 heavy (non-hydrogen) atoms. The summed E-state index contributed by atoms with van der Waals surface area (Å²) in [6.07, 6.45) is 0. The van der Waals surface area contributed by atoms with Crippen molar-refractivity contribution in [2.45, 2.75) is 0 Å². The zero-order valence-corrected chi connectivity index (χ0v) is 14.0. The van der Waals surface area contributed by atoms with Crippen molar-refractivity contribution in [1.82, 2.24) is 0 Å². The first kappa shape index (κ1) is 18.6. The molecular formula is C4CdKN7-2. The minimum atomic E-state index is -4.36. The Morgan fingerprint density at radius 3 is 1.00 bits per heavy atom. The molecule has 9 heteroatoms. The van der Waals surface area contributed by atoms with E-state index in [2.05, 4.69) is 0 Å². The summed E-state index contributed by atoms with van der Waals surface area (Å²) in [4.78, 5) is 1.50. The Kier molecular flexibility index (Phi) is 16.9. The van der Waals surface area contributed by atoms with Crippen LogP contribution < -0.4 is 51.4 Å². The Morgan fingerprint density at radius 2 is 1.00 bits per heavy atom. The van der Waals surface area contributed by atoms with Crippen molar-refractivity contribution in [3.05, 3.63) is 16.0 Å². The van der Waals surface area contributed by atoms with Crippen molar-refractivity contribution in [2.24, 2.45) is 0 Å². The fourth-order valence-corrected chi connectivity index (χ4v) is 1.42. The first-order valence-corrected chi connectivity index (χ1v) is 10.8. The van der Waals surface area contributed by atoms with Gasteiger partial charge in [0, 0.05) is 0 Å². The molecule has 0 aliphatic carbocycles. The van der Waals surface area contributed by atoms with E-state index in [0.29, 0.717) is 0 Å². The average Bonchev–Trinajstić information content (AvgIpc) is 2.11. The van der Waals surface area contributed by atoms with Gasteiger partial charge in [-0.1, -0.05) is 0 Å². The molecule has 0 saturated heterocycles. The number of hydrogen-bond donors (Lipinski definition) is 0. The molecule has 0 heterocycles. The van der Waals surface area contributed by atoms with Gasteiger partial charge in [0.05, 0.1) is 0 Å². The molecule has 0 saturated carbocycles. The molecule has 0 amide bonds. The fraction of sp³-hybridized carbons (Fsp3) is 0. The standard InChI is InChI=1S/4CN.Cd.K.N3/c4*1-2;;;1-3-2/q;;;;-2;+1;-1. The van der Waals surface area contributed by atoms with Crippen LogP contribution in [-0.2, 0) is 21.2 Å². The smallest absolute Gasteiger partial charge is 0.373 e. The Bertz CT molecular complexity index is 281. The summed E-state index contributed by atoms with van der Waals surface area (Å²) >= 11 is -4.36. The van der Waals surface area contributed by atoms with E-state index in [1.807, 2.05) is 0 Å². The van der Waals surface area contributed by atoms with Crippen LogP contribution in [0.25, 0.3) is 16.0 Å². The molecule has 0 fully saturated rings. The molecule has 0 rings (SSSR count). The largest absolute Gasteiger partial charge is 1.00 e. The second kappa shape index (κ2) is 11.8. The van der Waals surface area contributed by atoms with Gasteiger partial charge in [-0.15, -0.1) is 0 Å². The summed E-state index contributed by atoms with van der Waals surface area (Å²) in [5, 5.41) is 32.6. The van der Waals surface area contributed by atoms with Crippen molar-refractivity contribution in [2.75, 3.05) is 0 Å². The van der Waals surface area contributed by atoms with Crippen LogP contribution in [0.2, 0.25) is 0 Å². The first-order chi connectivity index (χ1) is 5.66. The summed E-state index contributed by atoms with van der Waals surface area (Å²) in [7, 11) is 0. The monoisotopic (exact) mass is 299 g/mol. The van der Waals surface area contributed by atoms with E-state index in [4.69, 9.17) is 32.1 Å². The van der Waals surface area contributed by atoms with Gasteiger partial charge in [0.15, 0.2) is 0 Å². The van der Waals surface area contributed by atoms with E-state index in [1.54, 1.807) is 0 Å². The van der Waals surface area contributed by atoms with Gasteiger partial charge in [0.1, 0.15) is 0 Å². The number of nitriles is 4. The molecule has 0 unspecified atom stereocenters. The summed E-state index contributed by atoms with van der Waals surface area (Å²) in [5.41, 5.74) is 13.5. The van der Waals surface area contributed by atoms with Gasteiger partial charge in [-0.05, 0) is 0 Å². The second-order valence-corrected chi connectivity index (χ2v) is 11.4. The molecule has 0 bridgehead atoms. The fourth-order valence-electron chi connectivity index (χ4n) is 0.212. The van der Waals surface area contributed by atoms with Gasteiger partial charge in [-0.2, -0.15) is 0 Å². The molecule has 0 aromatic heterocycles. The zero-order valence-electron chi connectivity index (χ0n) is 6.84. The summed E-state index contributed by atoms with van der Waals surface area (Å²) in [5.74, 6) is 0. The van der Waals surface area contributed by atoms with Crippen molar-refractivity contribution >= 4 is 0 Å².